The lowest BCUT2D eigenvalue weighted by molar-refractivity contribution is 1.27. The molecule has 0 atom stereocenters. The number of allylic oxidation sites excluding steroid dienone is 1. The van der Waals surface area contributed by atoms with E-state index < -0.39 is 0 Å². The van der Waals surface area contributed by atoms with Gasteiger partial charge in [0.25, 0.3) is 0 Å². The maximum Gasteiger partial charge on any atom is 0.0462 e. The largest absolute Gasteiger partial charge is 0.311 e. The number of anilines is 3. The van der Waals surface area contributed by atoms with Crippen molar-refractivity contribution >= 4 is 93.3 Å². The summed E-state index contributed by atoms with van der Waals surface area (Å²) in [5.74, 6) is 0. The van der Waals surface area contributed by atoms with Gasteiger partial charge in [0.1, 0.15) is 0 Å². The lowest BCUT2D eigenvalue weighted by Gasteiger charge is -2.26. The Morgan fingerprint density at radius 3 is 0.829 bits per heavy atom. The second kappa shape index (κ2) is 18.0. The number of nitrogens with zero attached hydrogens (tertiary/aromatic N) is 1. The molecule has 14 aromatic rings. The summed E-state index contributed by atoms with van der Waals surface area (Å²) < 4.78 is 0. The molecule has 354 valence electrons. The summed E-state index contributed by atoms with van der Waals surface area (Å²) in [5, 5.41) is 15.5. The average molecular weight is 964 g/mol. The Hall–Kier alpha value is -9.82. The maximum absolute atomic E-state index is 2.38. The molecule has 14 aromatic carbocycles. The molecule has 0 amide bonds. The summed E-state index contributed by atoms with van der Waals surface area (Å²) in [5.41, 5.74) is 18.2. The van der Waals surface area contributed by atoms with Gasteiger partial charge < -0.3 is 4.90 Å². The molecule has 0 fully saturated rings. The highest BCUT2D eigenvalue weighted by molar-refractivity contribution is 6.27. The topological polar surface area (TPSA) is 3.24 Å². The van der Waals surface area contributed by atoms with E-state index in [1.54, 1.807) is 0 Å². The predicted molar refractivity (Wildman–Crippen MR) is 326 cm³/mol. The summed E-state index contributed by atoms with van der Waals surface area (Å²) in [4.78, 5) is 2.38. The van der Waals surface area contributed by atoms with Crippen LogP contribution in [0.25, 0.3) is 121 Å². The first-order chi connectivity index (χ1) is 37.6. The zero-order valence-corrected chi connectivity index (χ0v) is 41.8. The Bertz CT molecular complexity index is 4290. The highest BCUT2D eigenvalue weighted by atomic mass is 15.1. The Kier molecular flexibility index (Phi) is 10.3. The molecule has 0 aliphatic heterocycles. The van der Waals surface area contributed by atoms with Gasteiger partial charge in [-0.15, -0.1) is 0 Å². The number of hydrogen-bond acceptors (Lipinski definition) is 1. The molecule has 0 saturated heterocycles. The van der Waals surface area contributed by atoms with Gasteiger partial charge in [-0.3, -0.25) is 0 Å². The van der Waals surface area contributed by atoms with Crippen LogP contribution in [-0.2, 0) is 6.42 Å². The van der Waals surface area contributed by atoms with Crippen LogP contribution in [0.3, 0.4) is 0 Å². The predicted octanol–water partition coefficient (Wildman–Crippen LogP) is 20.8. The molecule has 76 heavy (non-hydrogen) atoms. The van der Waals surface area contributed by atoms with Gasteiger partial charge in [-0.1, -0.05) is 237 Å². The van der Waals surface area contributed by atoms with Crippen molar-refractivity contribution in [3.63, 3.8) is 0 Å². The Labute approximate surface area is 442 Å². The molecule has 0 spiro atoms. The van der Waals surface area contributed by atoms with Crippen LogP contribution in [0.1, 0.15) is 16.7 Å². The van der Waals surface area contributed by atoms with Crippen LogP contribution >= 0.6 is 0 Å². The van der Waals surface area contributed by atoms with E-state index in [1.807, 2.05) is 0 Å². The van der Waals surface area contributed by atoms with E-state index in [-0.39, 0.29) is 0 Å². The molecule has 0 aromatic heterocycles. The summed E-state index contributed by atoms with van der Waals surface area (Å²) in [7, 11) is 0. The summed E-state index contributed by atoms with van der Waals surface area (Å²) in [6.45, 7) is 0. The van der Waals surface area contributed by atoms with Crippen molar-refractivity contribution in [2.24, 2.45) is 0 Å². The second-order valence-corrected chi connectivity index (χ2v) is 20.4. The Morgan fingerprint density at radius 1 is 0.211 bits per heavy atom. The third-order valence-electron chi connectivity index (χ3n) is 16.1. The average Bonchev–Trinajstić information content (AvgIpc) is 4.00. The molecule has 0 saturated carbocycles. The van der Waals surface area contributed by atoms with Gasteiger partial charge in [0.05, 0.1) is 0 Å². The molecule has 0 radical (unpaired) electrons. The van der Waals surface area contributed by atoms with Crippen molar-refractivity contribution in [2.45, 2.75) is 6.42 Å². The first-order valence-corrected chi connectivity index (χ1v) is 26.4. The lowest BCUT2D eigenvalue weighted by Crippen LogP contribution is -2.10. The molecule has 1 aliphatic carbocycles. The molecule has 0 heterocycles. The van der Waals surface area contributed by atoms with Gasteiger partial charge in [0, 0.05) is 17.1 Å². The minimum Gasteiger partial charge on any atom is -0.311 e. The van der Waals surface area contributed by atoms with Gasteiger partial charge >= 0.3 is 0 Å². The molecule has 0 N–H and O–H groups in total. The van der Waals surface area contributed by atoms with Gasteiger partial charge in [0.2, 0.25) is 0 Å². The molecule has 1 nitrogen and oxygen atoms in total. The fourth-order valence-corrected chi connectivity index (χ4v) is 12.2. The maximum atomic E-state index is 2.38. The lowest BCUT2D eigenvalue weighted by atomic mass is 9.92. The molecule has 0 unspecified atom stereocenters. The standard InChI is InChI=1S/C75H49N/c1-2-12-57-46-60(45-56(57)11-1)55-33-41-63(42-34-55)76(61-37-29-51(30-38-61)49-21-25-53(26-22-49)58-35-43-72-68-17-5-3-13-64(68)66-15-7-9-19-70(66)74(72)47-58)62-39-31-52(32-40-62)50-23-27-54(28-24-50)59-36-44-73-69-18-6-4-14-65(69)67-16-8-10-20-71(67)75(73)48-59/h1-45,47-48H,46H2. The quantitative estimate of drug-likeness (QED) is 0.137. The van der Waals surface area contributed by atoms with E-state index in [0.717, 1.165) is 23.5 Å². The molecule has 1 heteroatoms. The molecule has 15 rings (SSSR count). The van der Waals surface area contributed by atoms with E-state index in [0.29, 0.717) is 0 Å². The first-order valence-electron chi connectivity index (χ1n) is 26.4. The third-order valence-corrected chi connectivity index (χ3v) is 16.1. The van der Waals surface area contributed by atoms with Crippen molar-refractivity contribution in [2.75, 3.05) is 4.90 Å². The van der Waals surface area contributed by atoms with Crippen LogP contribution < -0.4 is 4.90 Å². The second-order valence-electron chi connectivity index (χ2n) is 20.4. The Morgan fingerprint density at radius 2 is 0.474 bits per heavy atom. The number of benzene rings is 14. The van der Waals surface area contributed by atoms with Crippen LogP contribution in [0.4, 0.5) is 17.1 Å². The summed E-state index contributed by atoms with van der Waals surface area (Å²) in [6, 6.07) is 103. The molecule has 1 aliphatic rings. The van der Waals surface area contributed by atoms with Crippen molar-refractivity contribution in [1.29, 1.82) is 0 Å². The van der Waals surface area contributed by atoms with Crippen molar-refractivity contribution in [3.05, 3.63) is 296 Å². The van der Waals surface area contributed by atoms with Gasteiger partial charge in [-0.25, -0.2) is 0 Å². The monoisotopic (exact) mass is 963 g/mol. The van der Waals surface area contributed by atoms with Crippen molar-refractivity contribution in [3.8, 4) is 44.5 Å². The first kappa shape index (κ1) is 43.7. The van der Waals surface area contributed by atoms with E-state index in [4.69, 9.17) is 0 Å². The number of hydrogen-bond donors (Lipinski definition) is 0. The number of rotatable bonds is 8. The van der Waals surface area contributed by atoms with Crippen LogP contribution in [0.15, 0.2) is 279 Å². The zero-order chi connectivity index (χ0) is 50.1. The minimum atomic E-state index is 0.956. The van der Waals surface area contributed by atoms with Gasteiger partial charge in [0.15, 0.2) is 0 Å². The fraction of sp³-hybridized carbons (Fsp3) is 0.0133. The number of fused-ring (bicyclic) bond motifs is 13. The zero-order valence-electron chi connectivity index (χ0n) is 41.8. The fourth-order valence-electron chi connectivity index (χ4n) is 12.2. The normalized spacial score (nSPS) is 12.2. The van der Waals surface area contributed by atoms with Gasteiger partial charge in [-0.2, -0.15) is 0 Å². The van der Waals surface area contributed by atoms with Crippen LogP contribution in [0, 0.1) is 0 Å². The summed E-state index contributed by atoms with van der Waals surface area (Å²) >= 11 is 0. The molecular formula is C75H49N. The van der Waals surface area contributed by atoms with E-state index in [9.17, 15) is 0 Å². The molecule has 0 bridgehead atoms. The SMILES string of the molecule is C1=C(c2ccc(N(c3ccc(-c4ccc(-c5ccc6c7ccccc7c7ccccc7c6c5)cc4)cc3)c3ccc(-c4ccc(-c5ccc6c7ccccc7c7ccccc7c6c5)cc4)cc3)cc2)Cc2ccccc21. The van der Waals surface area contributed by atoms with E-state index in [1.165, 1.54) is 131 Å². The highest BCUT2D eigenvalue weighted by Gasteiger charge is 2.18. The smallest absolute Gasteiger partial charge is 0.0462 e. The van der Waals surface area contributed by atoms with Crippen LogP contribution in [0.5, 0.6) is 0 Å². The van der Waals surface area contributed by atoms with Crippen LogP contribution in [0.2, 0.25) is 0 Å². The summed E-state index contributed by atoms with van der Waals surface area (Å²) in [6.07, 6.45) is 3.30. The molecular weight excluding hydrogens is 915 g/mol. The van der Waals surface area contributed by atoms with E-state index >= 15 is 0 Å². The highest BCUT2D eigenvalue weighted by Crippen LogP contribution is 2.42. The van der Waals surface area contributed by atoms with E-state index in [2.05, 4.69) is 290 Å². The Balaban J connectivity index is 0.731. The van der Waals surface area contributed by atoms with Crippen molar-refractivity contribution < 1.29 is 0 Å². The van der Waals surface area contributed by atoms with Gasteiger partial charge in [-0.05, 0) is 186 Å². The third kappa shape index (κ3) is 7.47. The minimum absolute atomic E-state index is 0.956. The van der Waals surface area contributed by atoms with Crippen LogP contribution in [-0.4, -0.2) is 0 Å². The van der Waals surface area contributed by atoms with Crippen molar-refractivity contribution in [1.82, 2.24) is 0 Å².